The number of likely N-dealkylation sites (N-methyl/N-ethyl adjacent to an activating group) is 1. The molecular formula is C18H29NO. The molecule has 1 N–H and O–H groups in total. The molecule has 0 radical (unpaired) electrons. The van der Waals surface area contributed by atoms with Crippen molar-refractivity contribution in [2.45, 2.75) is 64.5 Å². The van der Waals surface area contributed by atoms with Gasteiger partial charge in [0.1, 0.15) is 0 Å². The summed E-state index contributed by atoms with van der Waals surface area (Å²) in [6.45, 7) is 8.34. The van der Waals surface area contributed by atoms with Crippen molar-refractivity contribution in [3.8, 4) is 0 Å². The first-order chi connectivity index (χ1) is 9.72. The second-order valence-corrected chi connectivity index (χ2v) is 5.95. The van der Waals surface area contributed by atoms with Crippen LogP contribution in [0, 0.1) is 6.92 Å². The minimum Gasteiger partial charge on any atom is -0.374 e. The normalized spacial score (nSPS) is 19.1. The minimum absolute atomic E-state index is 0.0487. The van der Waals surface area contributed by atoms with Gasteiger partial charge in [0.15, 0.2) is 0 Å². The lowest BCUT2D eigenvalue weighted by atomic mass is 9.86. The standard InChI is InChI=1S/C18H29NO/c1-4-19-17(14-16-11-7-6-10-15(16)3)18(20-5-2)12-8-9-13-18/h6-7,10-11,17,19H,4-5,8-9,12-14H2,1-3H3. The van der Waals surface area contributed by atoms with E-state index in [1.54, 1.807) is 0 Å². The van der Waals surface area contributed by atoms with E-state index < -0.39 is 0 Å². The number of hydrogen-bond acceptors (Lipinski definition) is 2. The fourth-order valence-corrected chi connectivity index (χ4v) is 3.60. The highest BCUT2D eigenvalue weighted by atomic mass is 16.5. The van der Waals surface area contributed by atoms with Gasteiger partial charge in [0.05, 0.1) is 5.60 Å². The molecule has 20 heavy (non-hydrogen) atoms. The first kappa shape index (κ1) is 15.5. The zero-order chi connectivity index (χ0) is 14.4. The molecule has 2 nitrogen and oxygen atoms in total. The molecule has 0 amide bonds. The van der Waals surface area contributed by atoms with Gasteiger partial charge in [-0.05, 0) is 50.8 Å². The van der Waals surface area contributed by atoms with E-state index in [1.165, 1.54) is 36.8 Å². The lowest BCUT2D eigenvalue weighted by Crippen LogP contribution is -2.52. The summed E-state index contributed by atoms with van der Waals surface area (Å²) in [7, 11) is 0. The summed E-state index contributed by atoms with van der Waals surface area (Å²) in [5.41, 5.74) is 2.89. The van der Waals surface area contributed by atoms with Gasteiger partial charge in [-0.15, -0.1) is 0 Å². The number of aryl methyl sites for hydroxylation is 1. The van der Waals surface area contributed by atoms with E-state index in [0.29, 0.717) is 6.04 Å². The zero-order valence-corrected chi connectivity index (χ0v) is 13.2. The van der Waals surface area contributed by atoms with Gasteiger partial charge in [-0.1, -0.05) is 44.0 Å². The Labute approximate surface area is 123 Å². The molecule has 112 valence electrons. The van der Waals surface area contributed by atoms with Gasteiger partial charge in [-0.2, -0.15) is 0 Å². The number of hydrogen-bond donors (Lipinski definition) is 1. The highest BCUT2D eigenvalue weighted by molar-refractivity contribution is 5.27. The Hall–Kier alpha value is -0.860. The Kier molecular flexibility index (Phi) is 5.62. The van der Waals surface area contributed by atoms with Crippen LogP contribution in [0.25, 0.3) is 0 Å². The van der Waals surface area contributed by atoms with Crippen LogP contribution < -0.4 is 5.32 Å². The molecule has 2 rings (SSSR count). The lowest BCUT2D eigenvalue weighted by molar-refractivity contribution is -0.0609. The van der Waals surface area contributed by atoms with E-state index in [9.17, 15) is 0 Å². The van der Waals surface area contributed by atoms with Crippen LogP contribution in [-0.2, 0) is 11.2 Å². The zero-order valence-electron chi connectivity index (χ0n) is 13.2. The summed E-state index contributed by atoms with van der Waals surface area (Å²) >= 11 is 0. The van der Waals surface area contributed by atoms with Gasteiger partial charge in [0.2, 0.25) is 0 Å². The minimum atomic E-state index is 0.0487. The molecule has 0 spiro atoms. The van der Waals surface area contributed by atoms with Crippen molar-refractivity contribution in [3.63, 3.8) is 0 Å². The molecule has 1 aromatic rings. The van der Waals surface area contributed by atoms with Crippen molar-refractivity contribution in [2.24, 2.45) is 0 Å². The maximum Gasteiger partial charge on any atom is 0.0837 e. The van der Waals surface area contributed by atoms with Crippen LogP contribution in [0.3, 0.4) is 0 Å². The quantitative estimate of drug-likeness (QED) is 0.815. The summed E-state index contributed by atoms with van der Waals surface area (Å²) in [4.78, 5) is 0. The second-order valence-electron chi connectivity index (χ2n) is 5.95. The van der Waals surface area contributed by atoms with Gasteiger partial charge in [0, 0.05) is 12.6 Å². The molecule has 1 aliphatic rings. The Bertz CT molecular complexity index is 410. The van der Waals surface area contributed by atoms with Gasteiger partial charge in [-0.3, -0.25) is 0 Å². The largest absolute Gasteiger partial charge is 0.374 e. The number of ether oxygens (including phenoxy) is 1. The average Bonchev–Trinajstić information content (AvgIpc) is 2.91. The topological polar surface area (TPSA) is 21.3 Å². The van der Waals surface area contributed by atoms with Gasteiger partial charge >= 0.3 is 0 Å². The van der Waals surface area contributed by atoms with Crippen molar-refractivity contribution in [3.05, 3.63) is 35.4 Å². The maximum absolute atomic E-state index is 6.25. The first-order valence-corrected chi connectivity index (χ1v) is 8.13. The van der Waals surface area contributed by atoms with Crippen molar-refractivity contribution < 1.29 is 4.74 Å². The summed E-state index contributed by atoms with van der Waals surface area (Å²) in [6, 6.07) is 9.16. The van der Waals surface area contributed by atoms with E-state index in [0.717, 1.165) is 19.6 Å². The molecular weight excluding hydrogens is 246 g/mol. The summed E-state index contributed by atoms with van der Waals surface area (Å²) in [5, 5.41) is 3.70. The molecule has 1 aliphatic carbocycles. The van der Waals surface area contributed by atoms with E-state index in [4.69, 9.17) is 4.74 Å². The number of benzene rings is 1. The maximum atomic E-state index is 6.25. The molecule has 0 saturated heterocycles. The van der Waals surface area contributed by atoms with Crippen LogP contribution in [0.1, 0.15) is 50.7 Å². The third-order valence-corrected chi connectivity index (χ3v) is 4.65. The van der Waals surface area contributed by atoms with E-state index in [1.807, 2.05) is 0 Å². The fraction of sp³-hybridized carbons (Fsp3) is 0.667. The number of nitrogens with one attached hydrogen (secondary N) is 1. The van der Waals surface area contributed by atoms with E-state index >= 15 is 0 Å². The monoisotopic (exact) mass is 275 g/mol. The predicted octanol–water partition coefficient (Wildman–Crippen LogP) is 3.86. The molecule has 1 fully saturated rings. The predicted molar refractivity (Wildman–Crippen MR) is 85.2 cm³/mol. The smallest absolute Gasteiger partial charge is 0.0837 e. The van der Waals surface area contributed by atoms with Crippen LogP contribution in [-0.4, -0.2) is 24.8 Å². The van der Waals surface area contributed by atoms with Crippen molar-refractivity contribution >= 4 is 0 Å². The van der Waals surface area contributed by atoms with Crippen LogP contribution in [0.5, 0.6) is 0 Å². The third kappa shape index (κ3) is 3.42. The van der Waals surface area contributed by atoms with Crippen molar-refractivity contribution in [2.75, 3.05) is 13.2 Å². The molecule has 0 heterocycles. The van der Waals surface area contributed by atoms with Gasteiger partial charge in [-0.25, -0.2) is 0 Å². The Morgan fingerprint density at radius 2 is 1.90 bits per heavy atom. The summed E-state index contributed by atoms with van der Waals surface area (Å²) < 4.78 is 6.25. The lowest BCUT2D eigenvalue weighted by Gasteiger charge is -2.38. The molecule has 0 aliphatic heterocycles. The number of rotatable bonds is 7. The van der Waals surface area contributed by atoms with E-state index in [2.05, 4.69) is 50.4 Å². The molecule has 1 saturated carbocycles. The Morgan fingerprint density at radius 1 is 1.20 bits per heavy atom. The summed E-state index contributed by atoms with van der Waals surface area (Å²) in [6.07, 6.45) is 6.07. The average molecular weight is 275 g/mol. The molecule has 1 aromatic carbocycles. The molecule has 1 unspecified atom stereocenters. The molecule has 2 heteroatoms. The molecule has 1 atom stereocenters. The SMILES string of the molecule is CCNC(Cc1ccccc1C)C1(OCC)CCCC1. The molecule has 0 bridgehead atoms. The van der Waals surface area contributed by atoms with Crippen molar-refractivity contribution in [1.29, 1.82) is 0 Å². The Balaban J connectivity index is 2.19. The van der Waals surface area contributed by atoms with Crippen LogP contribution in [0.2, 0.25) is 0 Å². The highest BCUT2D eigenvalue weighted by Crippen LogP contribution is 2.37. The highest BCUT2D eigenvalue weighted by Gasteiger charge is 2.41. The van der Waals surface area contributed by atoms with Crippen LogP contribution in [0.15, 0.2) is 24.3 Å². The second kappa shape index (κ2) is 7.24. The van der Waals surface area contributed by atoms with Gasteiger partial charge in [0.25, 0.3) is 0 Å². The first-order valence-electron chi connectivity index (χ1n) is 8.13. The third-order valence-electron chi connectivity index (χ3n) is 4.65. The van der Waals surface area contributed by atoms with E-state index in [-0.39, 0.29) is 5.60 Å². The van der Waals surface area contributed by atoms with Gasteiger partial charge < -0.3 is 10.1 Å². The van der Waals surface area contributed by atoms with Crippen LogP contribution >= 0.6 is 0 Å². The summed E-state index contributed by atoms with van der Waals surface area (Å²) in [5.74, 6) is 0. The van der Waals surface area contributed by atoms with Crippen molar-refractivity contribution in [1.82, 2.24) is 5.32 Å². The Morgan fingerprint density at radius 3 is 2.50 bits per heavy atom. The van der Waals surface area contributed by atoms with Crippen LogP contribution in [0.4, 0.5) is 0 Å². The fourth-order valence-electron chi connectivity index (χ4n) is 3.60. The molecule has 0 aromatic heterocycles.